The summed E-state index contributed by atoms with van der Waals surface area (Å²) in [4.78, 5) is 7.73. The third-order valence-electron chi connectivity index (χ3n) is 5.83. The Kier molecular flexibility index (Phi) is 3.40. The van der Waals surface area contributed by atoms with Crippen molar-refractivity contribution in [3.63, 3.8) is 0 Å². The van der Waals surface area contributed by atoms with Crippen molar-refractivity contribution >= 4 is 26.5 Å². The Morgan fingerprint density at radius 2 is 1.43 bits per heavy atom. The molecule has 3 rings (SSSR count). The molecule has 1 saturated heterocycles. The molecule has 1 heterocycles. The fraction of sp³-hybridized carbons (Fsp3) is 0.579. The van der Waals surface area contributed by atoms with Crippen molar-refractivity contribution in [1.82, 2.24) is 0 Å². The molecule has 0 bridgehead atoms. The van der Waals surface area contributed by atoms with Crippen LogP contribution in [0, 0.1) is 11.3 Å². The normalized spacial score (nSPS) is 32.8. The van der Waals surface area contributed by atoms with E-state index in [0.717, 1.165) is 3.93 Å². The van der Waals surface area contributed by atoms with E-state index in [1.54, 1.807) is 21.5 Å². The van der Waals surface area contributed by atoms with Crippen molar-refractivity contribution in [2.24, 2.45) is 11.3 Å². The second-order valence-electron chi connectivity index (χ2n) is 9.32. The van der Waals surface area contributed by atoms with Gasteiger partial charge in [0.1, 0.15) is 0 Å². The van der Waals surface area contributed by atoms with Gasteiger partial charge in [0.05, 0.1) is 0 Å². The van der Waals surface area contributed by atoms with Crippen LogP contribution in [0.25, 0.3) is 0 Å². The van der Waals surface area contributed by atoms with Crippen LogP contribution >= 0.6 is 0 Å². The molecule has 0 nitrogen and oxygen atoms in total. The van der Waals surface area contributed by atoms with Gasteiger partial charge in [0.15, 0.2) is 0 Å². The number of hydrogen-bond acceptors (Lipinski definition) is 0. The van der Waals surface area contributed by atoms with Crippen LogP contribution in [0.1, 0.15) is 20.8 Å². The van der Waals surface area contributed by atoms with Crippen LogP contribution < -0.4 is 0 Å². The van der Waals surface area contributed by atoms with Crippen LogP contribution in [-0.2, 0) is 0 Å². The molecule has 0 radical (unpaired) electrons. The van der Waals surface area contributed by atoms with E-state index in [0.29, 0.717) is 5.92 Å². The van der Waals surface area contributed by atoms with Gasteiger partial charge in [0.25, 0.3) is 0 Å². The van der Waals surface area contributed by atoms with E-state index in [4.69, 9.17) is 0 Å². The van der Waals surface area contributed by atoms with E-state index >= 15 is 0 Å². The monoisotopic (exact) mass is 406 g/mol. The van der Waals surface area contributed by atoms with E-state index in [-0.39, 0.29) is 5.41 Å². The van der Waals surface area contributed by atoms with Gasteiger partial charge in [-0.15, -0.1) is 0 Å². The predicted octanol–water partition coefficient (Wildman–Crippen LogP) is 5.89. The zero-order valence-electron chi connectivity index (χ0n) is 15.0. The van der Waals surface area contributed by atoms with Crippen LogP contribution in [0.2, 0.25) is 31.8 Å². The quantitative estimate of drug-likeness (QED) is 0.478. The van der Waals surface area contributed by atoms with Crippen LogP contribution in [0.15, 0.2) is 45.8 Å². The Balaban J connectivity index is 2.21. The van der Waals surface area contributed by atoms with Crippen molar-refractivity contribution < 1.29 is 0 Å². The molecule has 1 fully saturated rings. The molecule has 114 valence electrons. The van der Waals surface area contributed by atoms with Gasteiger partial charge in [-0.25, -0.2) is 0 Å². The van der Waals surface area contributed by atoms with Crippen molar-refractivity contribution in [2.45, 2.75) is 52.6 Å². The number of hydrogen-bond donors (Lipinski definition) is 0. The number of rotatable bonds is 1. The summed E-state index contributed by atoms with van der Waals surface area (Å²) in [5, 5.41) is 3.50. The zero-order valence-corrected chi connectivity index (χ0v) is 18.8. The van der Waals surface area contributed by atoms with Gasteiger partial charge in [-0.1, -0.05) is 0 Å². The first-order valence-electron chi connectivity index (χ1n) is 8.35. The van der Waals surface area contributed by atoms with Crippen molar-refractivity contribution in [1.29, 1.82) is 0 Å². The van der Waals surface area contributed by atoms with Gasteiger partial charge < -0.3 is 0 Å². The molecule has 0 N–H and O–H groups in total. The van der Waals surface area contributed by atoms with E-state index in [2.05, 4.69) is 73.0 Å². The second-order valence-corrected chi connectivity index (χ2v) is 29.1. The van der Waals surface area contributed by atoms with Crippen molar-refractivity contribution in [2.75, 3.05) is 0 Å². The van der Waals surface area contributed by atoms with Crippen LogP contribution in [0.4, 0.5) is 0 Å². The van der Waals surface area contributed by atoms with Crippen LogP contribution in [-0.4, -0.2) is 26.5 Å². The third kappa shape index (κ3) is 2.22. The zero-order chi connectivity index (χ0) is 15.8. The van der Waals surface area contributed by atoms with Crippen LogP contribution in [0.3, 0.4) is 0 Å². The van der Waals surface area contributed by atoms with E-state index in [9.17, 15) is 0 Å². The van der Waals surface area contributed by atoms with E-state index < -0.39 is 26.5 Å². The molecular weight excluding hydrogens is 375 g/mol. The van der Waals surface area contributed by atoms with E-state index in [1.807, 2.05) is 0 Å². The summed E-state index contributed by atoms with van der Waals surface area (Å²) in [7, 11) is -1.48. The fourth-order valence-electron chi connectivity index (χ4n) is 4.31. The summed E-state index contributed by atoms with van der Waals surface area (Å²) in [6, 6.07) is 0. The van der Waals surface area contributed by atoms with Gasteiger partial charge >= 0.3 is 136 Å². The Morgan fingerprint density at radius 3 is 2.00 bits per heavy atom. The molecule has 2 heteroatoms. The summed E-state index contributed by atoms with van der Waals surface area (Å²) < 4.78 is 0.799. The maximum atomic E-state index is 2.71. The van der Waals surface area contributed by atoms with Gasteiger partial charge in [-0.3, -0.25) is 0 Å². The second kappa shape index (κ2) is 4.50. The van der Waals surface area contributed by atoms with Gasteiger partial charge in [-0.05, 0) is 0 Å². The van der Waals surface area contributed by atoms with Crippen LogP contribution in [0.5, 0.6) is 0 Å². The molecule has 3 aliphatic rings. The summed E-state index contributed by atoms with van der Waals surface area (Å²) in [6.07, 6.45) is 10.5. The summed E-state index contributed by atoms with van der Waals surface area (Å²) in [5.41, 5.74) is 3.56. The molecular formula is C19H30SiSn. The first-order chi connectivity index (χ1) is 9.45. The molecule has 0 aromatic rings. The fourth-order valence-corrected chi connectivity index (χ4v) is 12.3. The van der Waals surface area contributed by atoms with Crippen molar-refractivity contribution in [3.8, 4) is 0 Å². The maximum absolute atomic E-state index is 2.71. The van der Waals surface area contributed by atoms with Gasteiger partial charge in [-0.2, -0.15) is 0 Å². The van der Waals surface area contributed by atoms with E-state index in [1.165, 1.54) is 0 Å². The SMILES string of the molecule is CC1C=C2C(=C1)[Si](C)(C)C1=C[CH]([Sn]([CH3])([CH3])[CH3])C=C1C2(C)C. The molecule has 0 amide bonds. The molecule has 2 unspecified atom stereocenters. The minimum atomic E-state index is -1.91. The summed E-state index contributed by atoms with van der Waals surface area (Å²) >= 11 is -1.91. The first-order valence-corrected chi connectivity index (χ1v) is 21.6. The predicted molar refractivity (Wildman–Crippen MR) is 99.9 cm³/mol. The summed E-state index contributed by atoms with van der Waals surface area (Å²) in [5.74, 6) is 0.624. The molecule has 21 heavy (non-hydrogen) atoms. The van der Waals surface area contributed by atoms with Crippen molar-refractivity contribution in [3.05, 3.63) is 45.8 Å². The molecule has 2 atom stereocenters. The average Bonchev–Trinajstić information content (AvgIpc) is 2.90. The molecule has 0 saturated carbocycles. The standard InChI is InChI=1S/C16H21Si.3CH3.Sn/c1-11-9-13-15(10-11)17(4,5)14-8-6-7-12(14)16(13,2)3;;;;/h6-11H,1-5H3;3*1H3;. The Morgan fingerprint density at radius 1 is 0.905 bits per heavy atom. The number of fused-ring (bicyclic) bond motifs is 2. The number of allylic oxidation sites excluding steroid dienone is 8. The molecule has 2 aliphatic carbocycles. The van der Waals surface area contributed by atoms with Gasteiger partial charge in [0.2, 0.25) is 0 Å². The first kappa shape index (κ1) is 15.9. The van der Waals surface area contributed by atoms with Gasteiger partial charge in [0, 0.05) is 0 Å². The Bertz CT molecular complexity index is 572. The molecule has 0 aromatic heterocycles. The molecule has 0 aromatic carbocycles. The minimum absolute atomic E-state index is 0.219. The molecule has 1 aliphatic heterocycles. The Labute approximate surface area is 136 Å². The average molecular weight is 405 g/mol. The third-order valence-corrected chi connectivity index (χ3v) is 16.1. The topological polar surface area (TPSA) is 0 Å². The molecule has 0 spiro atoms. The summed E-state index contributed by atoms with van der Waals surface area (Å²) in [6.45, 7) is 12.4. The Hall–Kier alpha value is -0.0244.